The van der Waals surface area contributed by atoms with Gasteiger partial charge in [-0.2, -0.15) is 0 Å². The van der Waals surface area contributed by atoms with Gasteiger partial charge in [-0.15, -0.1) is 0 Å². The predicted octanol–water partition coefficient (Wildman–Crippen LogP) is 3.46. The number of amides is 1. The van der Waals surface area contributed by atoms with Gasteiger partial charge in [0.2, 0.25) is 5.91 Å². The van der Waals surface area contributed by atoms with E-state index in [1.54, 1.807) is 4.57 Å². The third-order valence-corrected chi connectivity index (χ3v) is 5.28. The second kappa shape index (κ2) is 7.92. The molecule has 0 saturated carbocycles. The molecule has 0 saturated heterocycles. The van der Waals surface area contributed by atoms with E-state index < -0.39 is 0 Å². The molecule has 0 aliphatic heterocycles. The van der Waals surface area contributed by atoms with E-state index in [0.717, 1.165) is 22.5 Å². The number of fused-ring (bicyclic) bond motifs is 1. The van der Waals surface area contributed by atoms with Crippen LogP contribution in [0, 0.1) is 13.8 Å². The van der Waals surface area contributed by atoms with Gasteiger partial charge in [0.15, 0.2) is 16.3 Å². The van der Waals surface area contributed by atoms with Crippen LogP contribution in [-0.2, 0) is 4.79 Å². The van der Waals surface area contributed by atoms with Crippen molar-refractivity contribution in [2.45, 2.75) is 19.0 Å². The van der Waals surface area contributed by atoms with Crippen LogP contribution in [0.15, 0.2) is 64.8 Å². The molecule has 0 atom stereocenters. The van der Waals surface area contributed by atoms with E-state index >= 15 is 0 Å². The Labute approximate surface area is 171 Å². The number of aromatic amines is 1. The van der Waals surface area contributed by atoms with E-state index in [1.807, 2.05) is 62.4 Å². The van der Waals surface area contributed by atoms with Gasteiger partial charge in [0, 0.05) is 11.4 Å². The second-order valence-electron chi connectivity index (χ2n) is 6.68. The van der Waals surface area contributed by atoms with E-state index in [4.69, 9.17) is 0 Å². The highest BCUT2D eigenvalue weighted by atomic mass is 32.2. The van der Waals surface area contributed by atoms with Crippen LogP contribution in [0.1, 0.15) is 11.1 Å². The molecule has 2 aromatic carbocycles. The SMILES string of the molecule is Cc1ccc(-n2c(SCC(=O)Nc3cccc(C)c3)nc3c(=O)[nH]cnc32)cc1. The number of hydrogen-bond donors (Lipinski definition) is 2. The van der Waals surface area contributed by atoms with E-state index in [-0.39, 0.29) is 22.7 Å². The molecule has 0 unspecified atom stereocenters. The van der Waals surface area contributed by atoms with Crippen molar-refractivity contribution >= 4 is 34.5 Å². The summed E-state index contributed by atoms with van der Waals surface area (Å²) in [5.41, 5.74) is 4.16. The predicted molar refractivity (Wildman–Crippen MR) is 115 cm³/mol. The lowest BCUT2D eigenvalue weighted by atomic mass is 10.2. The molecule has 2 heterocycles. The van der Waals surface area contributed by atoms with Crippen molar-refractivity contribution < 1.29 is 4.79 Å². The maximum absolute atomic E-state index is 12.4. The molecule has 29 heavy (non-hydrogen) atoms. The van der Waals surface area contributed by atoms with Crippen LogP contribution in [0.3, 0.4) is 0 Å². The fourth-order valence-corrected chi connectivity index (χ4v) is 3.77. The third-order valence-electron chi connectivity index (χ3n) is 4.35. The summed E-state index contributed by atoms with van der Waals surface area (Å²) in [5.74, 6) is 0.00563. The number of benzene rings is 2. The van der Waals surface area contributed by atoms with Crippen molar-refractivity contribution in [3.05, 3.63) is 76.3 Å². The van der Waals surface area contributed by atoms with Crippen LogP contribution in [-0.4, -0.2) is 31.2 Å². The van der Waals surface area contributed by atoms with Crippen molar-refractivity contribution in [1.82, 2.24) is 19.5 Å². The van der Waals surface area contributed by atoms with Gasteiger partial charge in [-0.05, 0) is 43.7 Å². The molecule has 2 aromatic heterocycles. The number of aromatic nitrogens is 4. The normalized spacial score (nSPS) is 11.0. The van der Waals surface area contributed by atoms with Gasteiger partial charge in [0.1, 0.15) is 0 Å². The molecule has 1 amide bonds. The Kier molecular flexibility index (Phi) is 5.18. The minimum atomic E-state index is -0.313. The first kappa shape index (κ1) is 18.9. The standard InChI is InChI=1S/C21H19N5O2S/c1-13-6-8-16(9-7-13)26-19-18(20(28)23-12-22-19)25-21(26)29-11-17(27)24-15-5-3-4-14(2)10-15/h3-10,12H,11H2,1-2H3,(H,24,27)(H,22,23,28). The molecule has 8 heteroatoms. The summed E-state index contributed by atoms with van der Waals surface area (Å²) in [7, 11) is 0. The van der Waals surface area contributed by atoms with Crippen molar-refractivity contribution in [1.29, 1.82) is 0 Å². The Balaban J connectivity index is 1.63. The van der Waals surface area contributed by atoms with Gasteiger partial charge in [0.25, 0.3) is 5.56 Å². The number of nitrogens with one attached hydrogen (secondary N) is 2. The summed E-state index contributed by atoms with van der Waals surface area (Å²) in [6.45, 7) is 3.98. The molecule has 0 radical (unpaired) electrons. The first-order chi connectivity index (χ1) is 14.0. The zero-order valence-corrected chi connectivity index (χ0v) is 16.8. The van der Waals surface area contributed by atoms with Crippen molar-refractivity contribution in [3.8, 4) is 5.69 Å². The molecule has 7 nitrogen and oxygen atoms in total. The lowest BCUT2D eigenvalue weighted by Crippen LogP contribution is -2.14. The Hall–Kier alpha value is -3.39. The Bertz CT molecular complexity index is 1240. The van der Waals surface area contributed by atoms with Gasteiger partial charge < -0.3 is 10.3 Å². The average Bonchev–Trinajstić information content (AvgIpc) is 3.07. The van der Waals surface area contributed by atoms with Gasteiger partial charge in [-0.1, -0.05) is 41.6 Å². The number of carbonyl (C=O) groups excluding carboxylic acids is 1. The zero-order chi connectivity index (χ0) is 20.4. The Morgan fingerprint density at radius 2 is 1.93 bits per heavy atom. The number of H-pyrrole nitrogens is 1. The van der Waals surface area contributed by atoms with Crippen LogP contribution in [0.2, 0.25) is 0 Å². The summed E-state index contributed by atoms with van der Waals surface area (Å²) >= 11 is 1.26. The molecular formula is C21H19N5O2S. The van der Waals surface area contributed by atoms with Crippen LogP contribution < -0.4 is 10.9 Å². The molecule has 146 valence electrons. The largest absolute Gasteiger partial charge is 0.325 e. The highest BCUT2D eigenvalue weighted by Gasteiger charge is 2.17. The number of aryl methyl sites for hydroxylation is 2. The molecule has 4 rings (SSSR count). The molecule has 2 N–H and O–H groups in total. The average molecular weight is 405 g/mol. The van der Waals surface area contributed by atoms with Crippen LogP contribution in [0.5, 0.6) is 0 Å². The summed E-state index contributed by atoms with van der Waals surface area (Å²) in [5, 5.41) is 3.42. The highest BCUT2D eigenvalue weighted by molar-refractivity contribution is 7.99. The van der Waals surface area contributed by atoms with Crippen LogP contribution in [0.25, 0.3) is 16.9 Å². The smallest absolute Gasteiger partial charge is 0.278 e. The fourth-order valence-electron chi connectivity index (χ4n) is 2.96. The lowest BCUT2D eigenvalue weighted by Gasteiger charge is -2.09. The first-order valence-corrected chi connectivity index (χ1v) is 10.0. The van der Waals surface area contributed by atoms with Gasteiger partial charge in [-0.25, -0.2) is 9.97 Å². The van der Waals surface area contributed by atoms with Gasteiger partial charge in [-0.3, -0.25) is 14.2 Å². The monoisotopic (exact) mass is 405 g/mol. The number of nitrogens with zero attached hydrogens (tertiary/aromatic N) is 3. The summed E-state index contributed by atoms with van der Waals surface area (Å²) in [6.07, 6.45) is 1.36. The minimum absolute atomic E-state index is 0.148. The summed E-state index contributed by atoms with van der Waals surface area (Å²) in [4.78, 5) is 35.9. The maximum Gasteiger partial charge on any atom is 0.278 e. The Morgan fingerprint density at radius 1 is 1.14 bits per heavy atom. The number of rotatable bonds is 5. The third kappa shape index (κ3) is 4.07. The molecule has 0 spiro atoms. The number of carbonyl (C=O) groups is 1. The fraction of sp³-hybridized carbons (Fsp3) is 0.143. The Morgan fingerprint density at radius 3 is 2.69 bits per heavy atom. The maximum atomic E-state index is 12.4. The molecule has 0 aliphatic carbocycles. The molecule has 4 aromatic rings. The quantitative estimate of drug-likeness (QED) is 0.496. The summed E-state index contributed by atoms with van der Waals surface area (Å²) in [6, 6.07) is 15.5. The lowest BCUT2D eigenvalue weighted by molar-refractivity contribution is -0.113. The number of imidazole rings is 1. The molecule has 0 aliphatic rings. The van der Waals surface area contributed by atoms with E-state index in [1.165, 1.54) is 18.1 Å². The van der Waals surface area contributed by atoms with Crippen molar-refractivity contribution in [3.63, 3.8) is 0 Å². The second-order valence-corrected chi connectivity index (χ2v) is 7.62. The van der Waals surface area contributed by atoms with Gasteiger partial charge >= 0.3 is 0 Å². The van der Waals surface area contributed by atoms with E-state index in [0.29, 0.717) is 10.8 Å². The van der Waals surface area contributed by atoms with Crippen LogP contribution >= 0.6 is 11.8 Å². The molecule has 0 fully saturated rings. The topological polar surface area (TPSA) is 92.7 Å². The number of anilines is 1. The number of thioether (sulfide) groups is 1. The van der Waals surface area contributed by atoms with Crippen molar-refractivity contribution in [2.24, 2.45) is 0 Å². The number of hydrogen-bond acceptors (Lipinski definition) is 5. The van der Waals surface area contributed by atoms with Gasteiger partial charge in [0.05, 0.1) is 12.1 Å². The van der Waals surface area contributed by atoms with E-state index in [9.17, 15) is 9.59 Å². The highest BCUT2D eigenvalue weighted by Crippen LogP contribution is 2.26. The van der Waals surface area contributed by atoms with Crippen LogP contribution in [0.4, 0.5) is 5.69 Å². The molecular weight excluding hydrogens is 386 g/mol. The zero-order valence-electron chi connectivity index (χ0n) is 16.0. The first-order valence-electron chi connectivity index (χ1n) is 9.04. The van der Waals surface area contributed by atoms with Crippen molar-refractivity contribution in [2.75, 3.05) is 11.1 Å². The minimum Gasteiger partial charge on any atom is -0.325 e. The molecule has 0 bridgehead atoms. The summed E-state index contributed by atoms with van der Waals surface area (Å²) < 4.78 is 1.80. The van der Waals surface area contributed by atoms with E-state index in [2.05, 4.69) is 20.3 Å².